The van der Waals surface area contributed by atoms with Crippen molar-refractivity contribution in [2.24, 2.45) is 0 Å². The number of rotatable bonds is 10. The molecule has 0 heterocycles. The topological polar surface area (TPSA) is 73.5 Å². The van der Waals surface area contributed by atoms with Crippen LogP contribution in [0.5, 0.6) is 0 Å². The van der Waals surface area contributed by atoms with Crippen LogP contribution in [0.4, 0.5) is 0 Å². The monoisotopic (exact) mass is 298 g/mol. The van der Waals surface area contributed by atoms with Gasteiger partial charge in [-0.3, -0.25) is 9.59 Å². The third-order valence-corrected chi connectivity index (χ3v) is 2.67. The Morgan fingerprint density at radius 3 is 1.81 bits per heavy atom. The van der Waals surface area contributed by atoms with Crippen molar-refractivity contribution in [2.75, 3.05) is 46.3 Å². The summed E-state index contributed by atoms with van der Waals surface area (Å²) in [6.07, 6.45) is 2.55. The molecule has 0 bridgehead atoms. The number of hydrogen-bond donors (Lipinski definition) is 3. The minimum absolute atomic E-state index is 0.0952. The zero-order chi connectivity index (χ0) is 16.5. The lowest BCUT2D eigenvalue weighted by Gasteiger charge is -2.17. The highest BCUT2D eigenvalue weighted by molar-refractivity contribution is 5.87. The quantitative estimate of drug-likeness (QED) is 0.396. The van der Waals surface area contributed by atoms with E-state index >= 15 is 0 Å². The standard InChI is InChI=1S/C9H18N2O.C6H12N2O/c1-4-9(12)10-7-8-11(5-2)6-3;1-3-6(9)8-5-4-7-2/h4H,1,5-8H2,2-3H3,(H,10,12);3,7H,1,4-5H2,2H3,(H,8,9). The van der Waals surface area contributed by atoms with Crippen LogP contribution in [0.1, 0.15) is 13.8 Å². The summed E-state index contributed by atoms with van der Waals surface area (Å²) < 4.78 is 0. The summed E-state index contributed by atoms with van der Waals surface area (Å²) in [5, 5.41) is 8.24. The van der Waals surface area contributed by atoms with Crippen LogP contribution in [-0.4, -0.2) is 63.0 Å². The van der Waals surface area contributed by atoms with E-state index in [0.29, 0.717) is 13.1 Å². The van der Waals surface area contributed by atoms with E-state index in [9.17, 15) is 9.59 Å². The zero-order valence-electron chi connectivity index (χ0n) is 13.6. The molecule has 21 heavy (non-hydrogen) atoms. The molecule has 0 aromatic rings. The molecule has 6 heteroatoms. The molecule has 0 aliphatic rings. The lowest BCUT2D eigenvalue weighted by atomic mass is 10.4. The number of carbonyl (C=O) groups excluding carboxylic acids is 2. The summed E-state index contributed by atoms with van der Waals surface area (Å²) in [4.78, 5) is 23.4. The minimum Gasteiger partial charge on any atom is -0.351 e. The number of nitrogens with one attached hydrogen (secondary N) is 3. The zero-order valence-corrected chi connectivity index (χ0v) is 13.6. The maximum Gasteiger partial charge on any atom is 0.243 e. The summed E-state index contributed by atoms with van der Waals surface area (Å²) in [5.74, 6) is -0.215. The Morgan fingerprint density at radius 1 is 0.952 bits per heavy atom. The molecular formula is C15H30N4O2. The first kappa shape index (κ1) is 21.6. The highest BCUT2D eigenvalue weighted by Gasteiger charge is 1.98. The molecule has 0 rings (SSSR count). The van der Waals surface area contributed by atoms with Gasteiger partial charge in [-0.15, -0.1) is 0 Å². The first-order chi connectivity index (χ1) is 10.0. The maximum atomic E-state index is 10.7. The molecule has 0 aliphatic carbocycles. The number of nitrogens with zero attached hydrogens (tertiary/aromatic N) is 1. The Hall–Kier alpha value is -1.66. The van der Waals surface area contributed by atoms with Crippen LogP contribution >= 0.6 is 0 Å². The molecule has 0 spiro atoms. The molecule has 122 valence electrons. The molecule has 0 saturated carbocycles. The van der Waals surface area contributed by atoms with E-state index < -0.39 is 0 Å². The maximum absolute atomic E-state index is 10.7. The molecular weight excluding hydrogens is 268 g/mol. The highest BCUT2D eigenvalue weighted by atomic mass is 16.2. The average molecular weight is 298 g/mol. The number of carbonyl (C=O) groups is 2. The summed E-state index contributed by atoms with van der Waals surface area (Å²) in [6, 6.07) is 0. The molecule has 0 aromatic carbocycles. The summed E-state index contributed by atoms with van der Waals surface area (Å²) in [5.41, 5.74) is 0. The molecule has 0 fully saturated rings. The van der Waals surface area contributed by atoms with Crippen molar-refractivity contribution in [2.45, 2.75) is 13.8 Å². The van der Waals surface area contributed by atoms with Gasteiger partial charge in [0.05, 0.1) is 0 Å². The van der Waals surface area contributed by atoms with Gasteiger partial charge in [0.1, 0.15) is 0 Å². The van der Waals surface area contributed by atoms with Crippen LogP contribution in [0.2, 0.25) is 0 Å². The molecule has 0 radical (unpaired) electrons. The van der Waals surface area contributed by atoms with Gasteiger partial charge in [0, 0.05) is 26.2 Å². The van der Waals surface area contributed by atoms with Gasteiger partial charge in [-0.05, 0) is 32.3 Å². The molecule has 6 nitrogen and oxygen atoms in total. The van der Waals surface area contributed by atoms with E-state index in [4.69, 9.17) is 0 Å². The molecule has 3 N–H and O–H groups in total. The van der Waals surface area contributed by atoms with E-state index in [1.54, 1.807) is 0 Å². The van der Waals surface area contributed by atoms with Gasteiger partial charge in [0.25, 0.3) is 0 Å². The predicted octanol–water partition coefficient (Wildman–Crippen LogP) is 0.138. The van der Waals surface area contributed by atoms with Crippen LogP contribution < -0.4 is 16.0 Å². The van der Waals surface area contributed by atoms with Gasteiger partial charge < -0.3 is 20.9 Å². The SMILES string of the molecule is C=CC(=O)NCCN(CC)CC.C=CC(=O)NCCNC. The van der Waals surface area contributed by atoms with Gasteiger partial charge in [-0.2, -0.15) is 0 Å². The van der Waals surface area contributed by atoms with Gasteiger partial charge in [-0.1, -0.05) is 27.0 Å². The highest BCUT2D eigenvalue weighted by Crippen LogP contribution is 1.83. The number of likely N-dealkylation sites (N-methyl/N-ethyl adjacent to an activating group) is 2. The molecule has 2 amide bonds. The van der Waals surface area contributed by atoms with Crippen molar-refractivity contribution in [3.05, 3.63) is 25.3 Å². The second kappa shape index (κ2) is 16.4. The third-order valence-electron chi connectivity index (χ3n) is 2.67. The third kappa shape index (κ3) is 16.3. The van der Waals surface area contributed by atoms with Gasteiger partial charge in [0.2, 0.25) is 11.8 Å². The largest absolute Gasteiger partial charge is 0.351 e. The van der Waals surface area contributed by atoms with Crippen LogP contribution in [-0.2, 0) is 9.59 Å². The fourth-order valence-electron chi connectivity index (χ4n) is 1.33. The smallest absolute Gasteiger partial charge is 0.243 e. The van der Waals surface area contributed by atoms with Crippen molar-refractivity contribution in [1.82, 2.24) is 20.9 Å². The van der Waals surface area contributed by atoms with Crippen molar-refractivity contribution in [1.29, 1.82) is 0 Å². The Labute approximate surface area is 128 Å². The molecule has 0 aromatic heterocycles. The molecule has 0 aliphatic heterocycles. The van der Waals surface area contributed by atoms with Crippen molar-refractivity contribution < 1.29 is 9.59 Å². The van der Waals surface area contributed by atoms with Crippen LogP contribution in [0.15, 0.2) is 25.3 Å². The second-order valence-electron chi connectivity index (χ2n) is 4.12. The summed E-state index contributed by atoms with van der Waals surface area (Å²) in [7, 11) is 1.83. The van der Waals surface area contributed by atoms with Crippen LogP contribution in [0, 0.1) is 0 Å². The molecule has 0 saturated heterocycles. The number of amides is 2. The van der Waals surface area contributed by atoms with Crippen molar-refractivity contribution in [3.63, 3.8) is 0 Å². The first-order valence-corrected chi connectivity index (χ1v) is 7.23. The fraction of sp³-hybridized carbons (Fsp3) is 0.600. The van der Waals surface area contributed by atoms with Gasteiger partial charge in [0.15, 0.2) is 0 Å². The van der Waals surface area contributed by atoms with E-state index in [2.05, 4.69) is 47.9 Å². The van der Waals surface area contributed by atoms with Crippen LogP contribution in [0.3, 0.4) is 0 Å². The normalized spacial score (nSPS) is 9.33. The minimum atomic E-state index is -0.120. The van der Waals surface area contributed by atoms with Crippen molar-refractivity contribution in [3.8, 4) is 0 Å². The Balaban J connectivity index is 0. The average Bonchev–Trinajstić information content (AvgIpc) is 2.52. The Kier molecular flexibility index (Phi) is 16.9. The van der Waals surface area contributed by atoms with Crippen molar-refractivity contribution >= 4 is 11.8 Å². The first-order valence-electron chi connectivity index (χ1n) is 7.23. The lowest BCUT2D eigenvalue weighted by Crippen LogP contribution is -2.33. The number of hydrogen-bond acceptors (Lipinski definition) is 4. The lowest BCUT2D eigenvalue weighted by molar-refractivity contribution is -0.117. The van der Waals surface area contributed by atoms with Gasteiger partial charge in [-0.25, -0.2) is 0 Å². The second-order valence-corrected chi connectivity index (χ2v) is 4.12. The Bertz CT molecular complexity index is 302. The van der Waals surface area contributed by atoms with Gasteiger partial charge >= 0.3 is 0 Å². The summed E-state index contributed by atoms with van der Waals surface area (Å²) in [6.45, 7) is 16.0. The predicted molar refractivity (Wildman–Crippen MR) is 88.1 cm³/mol. The molecule has 0 atom stereocenters. The molecule has 0 unspecified atom stereocenters. The van der Waals surface area contributed by atoms with E-state index in [-0.39, 0.29) is 11.8 Å². The Morgan fingerprint density at radius 2 is 1.43 bits per heavy atom. The van der Waals surface area contributed by atoms with E-state index in [1.807, 2.05) is 7.05 Å². The van der Waals surface area contributed by atoms with E-state index in [0.717, 1.165) is 26.2 Å². The summed E-state index contributed by atoms with van der Waals surface area (Å²) >= 11 is 0. The fourth-order valence-corrected chi connectivity index (χ4v) is 1.33. The van der Waals surface area contributed by atoms with Crippen LogP contribution in [0.25, 0.3) is 0 Å². The van der Waals surface area contributed by atoms with E-state index in [1.165, 1.54) is 12.2 Å².